The fourth-order valence-corrected chi connectivity index (χ4v) is 5.87. The quantitative estimate of drug-likeness (QED) is 0.0941. The van der Waals surface area contributed by atoms with E-state index in [1.807, 2.05) is 0 Å². The fourth-order valence-electron chi connectivity index (χ4n) is 5.87. The van der Waals surface area contributed by atoms with Gasteiger partial charge in [0.2, 0.25) is 17.8 Å². The Labute approximate surface area is 257 Å². The lowest BCUT2D eigenvalue weighted by Crippen LogP contribution is -2.64. The number of hydrogen-bond acceptors (Lipinski definition) is 17. The van der Waals surface area contributed by atoms with Crippen LogP contribution in [0, 0.1) is 0 Å². The zero-order valence-corrected chi connectivity index (χ0v) is 24.8. The number of ether oxygens (including phenoxy) is 7. The Balaban J connectivity index is 1.49. The third-order valence-electron chi connectivity index (χ3n) is 8.28. The highest BCUT2D eigenvalue weighted by molar-refractivity contribution is 6.22. The molecule has 0 aliphatic carbocycles. The standard InChI is InChI=1S/C29H32O17/c1-8-16(31)18(33)20(35)28(41-8)46-25-19(34)17(32)13(7-30)43-29(25)42-12-6-10-15-14-9(26(36)45-24(15)22(12)40-4)5-11(38-2)21(39-3)23(14)44-27(10)37/h5-6,8,13,16-20,25,28-35H,7H2,1-4H3/t8-,13+,16-,17+,18+,19-,20+,25+,28-,29+/m0/s1. The van der Waals surface area contributed by atoms with E-state index < -0.39 is 79.3 Å². The highest BCUT2D eigenvalue weighted by Gasteiger charge is 2.51. The van der Waals surface area contributed by atoms with Crippen LogP contribution in [0.25, 0.3) is 32.7 Å². The molecule has 2 saturated heterocycles. The Morgan fingerprint density at radius 2 is 1.26 bits per heavy atom. The second-order valence-electron chi connectivity index (χ2n) is 10.9. The van der Waals surface area contributed by atoms with Gasteiger partial charge in [0.1, 0.15) is 36.6 Å². The summed E-state index contributed by atoms with van der Waals surface area (Å²) >= 11 is 0. The van der Waals surface area contributed by atoms with Crippen LogP contribution in [0.2, 0.25) is 0 Å². The van der Waals surface area contributed by atoms with Gasteiger partial charge in [-0.3, -0.25) is 0 Å². The fraction of sp³-hybridized carbons (Fsp3) is 0.517. The van der Waals surface area contributed by atoms with Gasteiger partial charge < -0.3 is 72.6 Å². The highest BCUT2D eigenvalue weighted by Crippen LogP contribution is 2.46. The minimum absolute atomic E-state index is 0.0178. The highest BCUT2D eigenvalue weighted by atomic mass is 16.8. The summed E-state index contributed by atoms with van der Waals surface area (Å²) in [4.78, 5) is 26.6. The number of methoxy groups -OCH3 is 3. The molecule has 250 valence electrons. The average molecular weight is 653 g/mol. The van der Waals surface area contributed by atoms with Crippen LogP contribution in [0.4, 0.5) is 0 Å². The lowest BCUT2D eigenvalue weighted by atomic mass is 9.97. The van der Waals surface area contributed by atoms with Crippen molar-refractivity contribution in [3.63, 3.8) is 0 Å². The van der Waals surface area contributed by atoms with Crippen molar-refractivity contribution in [2.75, 3.05) is 27.9 Å². The molecule has 17 nitrogen and oxygen atoms in total. The van der Waals surface area contributed by atoms with Gasteiger partial charge in [0.15, 0.2) is 35.1 Å². The van der Waals surface area contributed by atoms with Crippen LogP contribution in [0.3, 0.4) is 0 Å². The predicted molar refractivity (Wildman–Crippen MR) is 152 cm³/mol. The molecule has 4 aromatic rings. The lowest BCUT2D eigenvalue weighted by Gasteiger charge is -2.45. The molecule has 6 N–H and O–H groups in total. The van der Waals surface area contributed by atoms with Crippen LogP contribution >= 0.6 is 0 Å². The zero-order chi connectivity index (χ0) is 33.2. The molecule has 0 amide bonds. The Morgan fingerprint density at radius 3 is 1.80 bits per heavy atom. The summed E-state index contributed by atoms with van der Waals surface area (Å²) < 4.78 is 50.4. The summed E-state index contributed by atoms with van der Waals surface area (Å²) in [5.74, 6) is -0.306. The van der Waals surface area contributed by atoms with Gasteiger partial charge in [-0.25, -0.2) is 9.59 Å². The molecule has 6 rings (SSSR count). The largest absolute Gasteiger partial charge is 0.493 e. The number of hydrogen-bond donors (Lipinski definition) is 6. The maximum atomic E-state index is 13.4. The van der Waals surface area contributed by atoms with Gasteiger partial charge in [-0.15, -0.1) is 0 Å². The molecule has 2 fully saturated rings. The number of aliphatic hydroxyl groups excluding tert-OH is 6. The Morgan fingerprint density at radius 1 is 0.696 bits per heavy atom. The third-order valence-corrected chi connectivity index (χ3v) is 8.28. The van der Waals surface area contributed by atoms with Crippen LogP contribution in [-0.2, 0) is 14.2 Å². The molecule has 0 saturated carbocycles. The maximum absolute atomic E-state index is 13.4. The van der Waals surface area contributed by atoms with Gasteiger partial charge in [-0.2, -0.15) is 0 Å². The van der Waals surface area contributed by atoms with Crippen molar-refractivity contribution in [3.8, 4) is 23.0 Å². The van der Waals surface area contributed by atoms with Crippen molar-refractivity contribution in [1.29, 1.82) is 0 Å². The normalized spacial score (nSPS) is 31.9. The van der Waals surface area contributed by atoms with Crippen molar-refractivity contribution < 1.29 is 72.6 Å². The summed E-state index contributed by atoms with van der Waals surface area (Å²) in [5, 5.41) is 62.4. The van der Waals surface area contributed by atoms with Crippen molar-refractivity contribution >= 4 is 32.7 Å². The van der Waals surface area contributed by atoms with Crippen molar-refractivity contribution in [2.45, 2.75) is 68.3 Å². The van der Waals surface area contributed by atoms with Crippen molar-refractivity contribution in [3.05, 3.63) is 33.0 Å². The molecule has 0 unspecified atom stereocenters. The van der Waals surface area contributed by atoms with E-state index in [2.05, 4.69) is 0 Å². The van der Waals surface area contributed by atoms with E-state index in [0.29, 0.717) is 0 Å². The van der Waals surface area contributed by atoms with Crippen LogP contribution in [-0.4, -0.2) is 120 Å². The first-order chi connectivity index (χ1) is 21.9. The predicted octanol–water partition coefficient (Wildman–Crippen LogP) is -1.45. The van der Waals surface area contributed by atoms with Crippen LogP contribution in [0.15, 0.2) is 30.6 Å². The minimum Gasteiger partial charge on any atom is -0.493 e. The number of benzene rings is 2. The molecule has 2 aromatic heterocycles. The van der Waals surface area contributed by atoms with E-state index in [-0.39, 0.29) is 55.7 Å². The minimum atomic E-state index is -1.83. The van der Waals surface area contributed by atoms with E-state index in [1.54, 1.807) is 0 Å². The SMILES string of the molecule is COc1cc2c(=O)oc3c(OC)c(O[C@@H]4O[C@H](CO)[C@@H](O)[C@H](O)[C@H]4O[C@@H]4O[C@@H](C)[C@H](O)[C@@H](O)[C@H]4O)cc4c(=O)oc(c1OC)c2c34. The van der Waals surface area contributed by atoms with Crippen molar-refractivity contribution in [1.82, 2.24) is 0 Å². The monoisotopic (exact) mass is 652 g/mol. The van der Waals surface area contributed by atoms with Crippen LogP contribution in [0.1, 0.15) is 6.92 Å². The molecule has 17 heteroatoms. The molecular formula is C29H32O17. The van der Waals surface area contributed by atoms with Crippen LogP contribution in [0.5, 0.6) is 23.0 Å². The van der Waals surface area contributed by atoms with Gasteiger partial charge in [-0.1, -0.05) is 0 Å². The smallest absolute Gasteiger partial charge is 0.344 e. The first-order valence-electron chi connectivity index (χ1n) is 14.1. The molecular weight excluding hydrogens is 620 g/mol. The second kappa shape index (κ2) is 12.1. The summed E-state index contributed by atoms with van der Waals surface area (Å²) in [6.07, 6.45) is -15.9. The third kappa shape index (κ3) is 4.91. The average Bonchev–Trinajstić information content (AvgIpc) is 3.04. The van der Waals surface area contributed by atoms with E-state index in [1.165, 1.54) is 40.4 Å². The summed E-state index contributed by atoms with van der Waals surface area (Å²) in [5.41, 5.74) is -2.05. The lowest BCUT2D eigenvalue weighted by molar-refractivity contribution is -0.354. The van der Waals surface area contributed by atoms with Gasteiger partial charge in [0.05, 0.1) is 44.8 Å². The molecule has 2 aromatic carbocycles. The van der Waals surface area contributed by atoms with Crippen molar-refractivity contribution in [2.24, 2.45) is 0 Å². The van der Waals surface area contributed by atoms with Crippen LogP contribution < -0.4 is 30.2 Å². The summed E-state index contributed by atoms with van der Waals surface area (Å²) in [6, 6.07) is 2.59. The van der Waals surface area contributed by atoms with E-state index in [0.717, 1.165) is 0 Å². The van der Waals surface area contributed by atoms with E-state index >= 15 is 0 Å². The second-order valence-corrected chi connectivity index (χ2v) is 10.9. The van der Waals surface area contributed by atoms with Gasteiger partial charge in [-0.05, 0) is 19.1 Å². The Hall–Kier alpha value is -3.78. The van der Waals surface area contributed by atoms with E-state index in [4.69, 9.17) is 42.0 Å². The van der Waals surface area contributed by atoms with Gasteiger partial charge in [0.25, 0.3) is 0 Å². The Kier molecular flexibility index (Phi) is 8.47. The number of rotatable bonds is 8. The molecule has 0 bridgehead atoms. The molecule has 10 atom stereocenters. The van der Waals surface area contributed by atoms with Gasteiger partial charge in [0, 0.05) is 10.8 Å². The first kappa shape index (κ1) is 32.2. The molecule has 0 radical (unpaired) electrons. The first-order valence-corrected chi connectivity index (χ1v) is 14.1. The zero-order valence-electron chi connectivity index (χ0n) is 24.8. The molecule has 4 heterocycles. The topological polar surface area (TPSA) is 246 Å². The summed E-state index contributed by atoms with van der Waals surface area (Å²) in [7, 11) is 3.91. The molecule has 0 spiro atoms. The van der Waals surface area contributed by atoms with Gasteiger partial charge >= 0.3 is 11.3 Å². The molecule has 2 aliphatic rings. The molecule has 46 heavy (non-hydrogen) atoms. The Bertz CT molecular complexity index is 1850. The summed E-state index contributed by atoms with van der Waals surface area (Å²) in [6.45, 7) is 0.643. The maximum Gasteiger partial charge on any atom is 0.344 e. The molecule has 2 aliphatic heterocycles. The number of aliphatic hydroxyl groups is 6. The van der Waals surface area contributed by atoms with E-state index in [9.17, 15) is 40.2 Å².